The summed E-state index contributed by atoms with van der Waals surface area (Å²) >= 11 is 11.6. The summed E-state index contributed by atoms with van der Waals surface area (Å²) in [4.78, 5) is 75.5. The summed E-state index contributed by atoms with van der Waals surface area (Å²) in [7, 11) is 0. The molecule has 0 aliphatic rings. The summed E-state index contributed by atoms with van der Waals surface area (Å²) in [6, 6.07) is 39.6. The Balaban J connectivity index is 0.000000161. The minimum absolute atomic E-state index is 0.0685. The van der Waals surface area contributed by atoms with Crippen LogP contribution in [0, 0.1) is 20.8 Å². The van der Waals surface area contributed by atoms with E-state index < -0.39 is 23.4 Å². The van der Waals surface area contributed by atoms with Crippen molar-refractivity contribution in [2.24, 2.45) is 5.73 Å². The van der Waals surface area contributed by atoms with Crippen LogP contribution in [0.5, 0.6) is 0 Å². The molecule has 0 aliphatic heterocycles. The second-order valence-electron chi connectivity index (χ2n) is 21.7. The number of benzene rings is 3. The minimum Gasteiger partial charge on any atom is -0.443 e. The third kappa shape index (κ3) is 19.2. The number of nitrogen functional groups attached to an aromatic ring is 3. The van der Waals surface area contributed by atoms with E-state index in [2.05, 4.69) is 141 Å². The Morgan fingerprint density at radius 3 is 1.25 bits per heavy atom. The predicted octanol–water partition coefficient (Wildman–Crippen LogP) is 12.5. The van der Waals surface area contributed by atoms with Gasteiger partial charge in [0.05, 0.1) is 22.1 Å². The lowest BCUT2D eigenvalue weighted by molar-refractivity contribution is 0.0429. The molecule has 11 aromatic rings. The Bertz CT molecular complexity index is 4010. The number of fused-ring (bicyclic) bond motifs is 4. The van der Waals surface area contributed by atoms with Crippen LogP contribution in [0.1, 0.15) is 86.3 Å². The largest absolute Gasteiger partial charge is 0.443 e. The summed E-state index contributed by atoms with van der Waals surface area (Å²) < 4.78 is 10.7. The van der Waals surface area contributed by atoms with E-state index in [1.807, 2.05) is 36.4 Å². The van der Waals surface area contributed by atoms with Crippen LogP contribution in [0.2, 0.25) is 10.3 Å². The lowest BCUT2D eigenvalue weighted by Crippen LogP contribution is -2.44. The molecular weight excluding hydrogens is 1140 g/mol. The van der Waals surface area contributed by atoms with Gasteiger partial charge < -0.3 is 32.4 Å². The fourth-order valence-corrected chi connectivity index (χ4v) is 8.58. The van der Waals surface area contributed by atoms with Crippen molar-refractivity contribution in [3.63, 3.8) is 0 Å². The van der Waals surface area contributed by atoms with E-state index in [0.717, 1.165) is 48.1 Å². The highest BCUT2D eigenvalue weighted by Crippen LogP contribution is 2.27. The number of nitrogens with zero attached hydrogens (tertiary/aromatic N) is 13. The van der Waals surface area contributed by atoms with Gasteiger partial charge >= 0.3 is 12.2 Å². The molecule has 0 saturated heterocycles. The summed E-state index contributed by atoms with van der Waals surface area (Å²) in [5.41, 5.74) is 35.6. The van der Waals surface area contributed by atoms with Gasteiger partial charge in [-0.3, -0.25) is 0 Å². The van der Waals surface area contributed by atoms with E-state index in [0.29, 0.717) is 61.6 Å². The molecule has 0 atom stereocenters. The topological polar surface area (TPSA) is 315 Å². The normalized spacial score (nSPS) is 11.0. The number of aryl methyl sites for hydroxylation is 7. The zero-order valence-electron chi connectivity index (χ0n) is 49.9. The summed E-state index contributed by atoms with van der Waals surface area (Å²) in [6.07, 6.45) is 7.38. The first-order chi connectivity index (χ1) is 41.4. The number of imide groups is 1. The van der Waals surface area contributed by atoms with Crippen molar-refractivity contribution in [3.05, 3.63) is 202 Å². The van der Waals surface area contributed by atoms with Crippen LogP contribution in [0.25, 0.3) is 44.1 Å². The Morgan fingerprint density at radius 2 is 0.851 bits per heavy atom. The van der Waals surface area contributed by atoms with Crippen LogP contribution < -0.4 is 27.8 Å². The molecule has 0 fully saturated rings. The van der Waals surface area contributed by atoms with Crippen LogP contribution in [0.3, 0.4) is 0 Å². The van der Waals surface area contributed by atoms with Crippen molar-refractivity contribution >= 4 is 103 Å². The fraction of sp³-hybridized carbons (Fsp3) is 0.250. The maximum atomic E-state index is 12.7. The number of pyridine rings is 4. The first-order valence-corrected chi connectivity index (χ1v) is 28.3. The maximum absolute atomic E-state index is 12.7. The first-order valence-electron chi connectivity index (χ1n) is 27.6. The molecular formula is C64H69Cl2N17O4. The Kier molecular flexibility index (Phi) is 22.3. The number of hydrogen-bond acceptors (Lipinski definition) is 20. The second kappa shape index (κ2) is 29.9. The van der Waals surface area contributed by atoms with Crippen molar-refractivity contribution in [1.82, 2.24) is 59.8 Å². The number of carbonyl (C=O) groups is 2. The van der Waals surface area contributed by atoms with Gasteiger partial charge in [-0.2, -0.15) is 4.90 Å². The Labute approximate surface area is 514 Å². The van der Waals surface area contributed by atoms with Gasteiger partial charge in [-0.1, -0.05) is 102 Å². The summed E-state index contributed by atoms with van der Waals surface area (Å²) in [5.74, 6) is 1.16. The third-order valence-electron chi connectivity index (χ3n) is 12.5. The molecule has 0 bridgehead atoms. The molecule has 0 radical (unpaired) electrons. The van der Waals surface area contributed by atoms with Crippen LogP contribution in [-0.2, 0) is 41.7 Å². The number of aromatic nitrogens is 12. The van der Waals surface area contributed by atoms with Gasteiger partial charge in [-0.05, 0) is 164 Å². The first kappa shape index (κ1) is 64.9. The van der Waals surface area contributed by atoms with Gasteiger partial charge in [-0.25, -0.2) is 69.4 Å². The molecule has 0 saturated carbocycles. The standard InChI is InChI=1S/C17H21ClN4O4.2C16H16N4.C8H11N.C7H5ClN4/c1-16(2,3)25-14(23)22(15(24)26-17(4,5)6)13-12-10(19-9-20-13)7-8-11(18)21-12;2*1-11-4-2-3-5-12(11)6-7-13-8-9-14-15(20-13)16(17)19-10-18-14;1-7-3-2-4-8(5-7)6-9;8-5-2-1-4-6(12-5)7(9)11-3-10-4/h7-9H,1-6H3;2*2-5,8-10H,6-7H2,1H3,(H2,17,18,19);2-5H,6,9H2,1H3;1-3H,(H2,9,10,11). The fourth-order valence-electron chi connectivity index (χ4n) is 8.29. The lowest BCUT2D eigenvalue weighted by atomic mass is 10.0. The van der Waals surface area contributed by atoms with Crippen molar-refractivity contribution in [3.8, 4) is 0 Å². The number of nitrogens with two attached hydrogens (primary N) is 4. The highest BCUT2D eigenvalue weighted by atomic mass is 35.5. The molecule has 0 spiro atoms. The van der Waals surface area contributed by atoms with Gasteiger partial charge in [0.15, 0.2) is 23.3 Å². The number of rotatable bonds is 8. The van der Waals surface area contributed by atoms with Gasteiger partial charge in [-0.15, -0.1) is 0 Å². The zero-order valence-corrected chi connectivity index (χ0v) is 51.4. The quantitative estimate of drug-likeness (QED) is 0.103. The van der Waals surface area contributed by atoms with Gasteiger partial charge in [0.2, 0.25) is 0 Å². The van der Waals surface area contributed by atoms with Gasteiger partial charge in [0, 0.05) is 17.9 Å². The number of hydrogen-bond donors (Lipinski definition) is 4. The SMILES string of the molecule is CC(C)(C)OC(=O)N(C(=O)OC(C)(C)C)c1ncnc2ccc(Cl)nc12.Cc1cccc(CN)c1.Cc1ccccc1CCc1ccc2ncnc(N)c2n1.Cc1ccccc1CCc1ccc2ncnc(N)c2n1.Nc1ncnc2ccc(Cl)nc12. The summed E-state index contributed by atoms with van der Waals surface area (Å²) in [6.45, 7) is 17.1. The van der Waals surface area contributed by atoms with E-state index in [4.69, 9.17) is 55.6 Å². The number of ether oxygens (including phenoxy) is 2. The number of amides is 2. The molecule has 448 valence electrons. The summed E-state index contributed by atoms with van der Waals surface area (Å²) in [5, 5.41) is 0.561. The number of halogens is 2. The second-order valence-corrected chi connectivity index (χ2v) is 22.4. The minimum atomic E-state index is -0.937. The molecule has 21 nitrogen and oxygen atoms in total. The highest BCUT2D eigenvalue weighted by Gasteiger charge is 2.35. The average molecular weight is 1210 g/mol. The molecule has 8 N–H and O–H groups in total. The lowest BCUT2D eigenvalue weighted by Gasteiger charge is -2.28. The smallest absolute Gasteiger partial charge is 0.425 e. The number of anilines is 4. The van der Waals surface area contributed by atoms with Gasteiger partial charge in [0.25, 0.3) is 0 Å². The average Bonchev–Trinajstić information content (AvgIpc) is 1.61. The van der Waals surface area contributed by atoms with Crippen LogP contribution in [-0.4, -0.2) is 83.2 Å². The molecule has 87 heavy (non-hydrogen) atoms. The van der Waals surface area contributed by atoms with Crippen LogP contribution >= 0.6 is 23.2 Å². The Hall–Kier alpha value is -9.70. The van der Waals surface area contributed by atoms with E-state index >= 15 is 0 Å². The van der Waals surface area contributed by atoms with Crippen molar-refractivity contribution in [1.29, 1.82) is 0 Å². The molecule has 11 rings (SSSR count). The molecule has 0 unspecified atom stereocenters. The zero-order chi connectivity index (χ0) is 62.8. The number of carbonyl (C=O) groups excluding carboxylic acids is 2. The monoisotopic (exact) mass is 1210 g/mol. The molecule has 8 heterocycles. The molecule has 0 aliphatic carbocycles. The van der Waals surface area contributed by atoms with E-state index in [1.165, 1.54) is 58.7 Å². The van der Waals surface area contributed by atoms with E-state index in [1.54, 1.807) is 65.8 Å². The van der Waals surface area contributed by atoms with Crippen LogP contribution in [0.4, 0.5) is 32.9 Å². The van der Waals surface area contributed by atoms with E-state index in [-0.39, 0.29) is 16.5 Å². The van der Waals surface area contributed by atoms with Crippen LogP contribution in [0.15, 0.2) is 147 Å². The molecule has 3 aromatic carbocycles. The van der Waals surface area contributed by atoms with Gasteiger partial charge in [0.1, 0.15) is 68.9 Å². The van der Waals surface area contributed by atoms with E-state index in [9.17, 15) is 9.59 Å². The Morgan fingerprint density at radius 1 is 0.460 bits per heavy atom. The van der Waals surface area contributed by atoms with Crippen molar-refractivity contribution in [2.75, 3.05) is 22.1 Å². The molecule has 2 amide bonds. The van der Waals surface area contributed by atoms with Crippen molar-refractivity contribution in [2.45, 2.75) is 106 Å². The predicted molar refractivity (Wildman–Crippen MR) is 344 cm³/mol. The highest BCUT2D eigenvalue weighted by molar-refractivity contribution is 6.30. The molecule has 8 aromatic heterocycles. The maximum Gasteiger partial charge on any atom is 0.425 e. The third-order valence-corrected chi connectivity index (χ3v) is 13.0. The molecule has 23 heteroatoms. The van der Waals surface area contributed by atoms with Crippen molar-refractivity contribution < 1.29 is 19.1 Å².